The topological polar surface area (TPSA) is 59.7 Å². The predicted molar refractivity (Wildman–Crippen MR) is 107 cm³/mol. The van der Waals surface area contributed by atoms with Gasteiger partial charge in [-0.1, -0.05) is 29.8 Å². The number of halogens is 2. The zero-order valence-electron chi connectivity index (χ0n) is 13.4. The van der Waals surface area contributed by atoms with Crippen LogP contribution in [0.2, 0.25) is 5.02 Å². The molecule has 0 radical (unpaired) electrons. The Balaban J connectivity index is 1.56. The van der Waals surface area contributed by atoms with E-state index in [1.165, 1.54) is 0 Å². The lowest BCUT2D eigenvalue weighted by molar-refractivity contribution is 0.687. The highest BCUT2D eigenvalue weighted by Gasteiger charge is 2.08. The fourth-order valence-electron chi connectivity index (χ4n) is 2.29. The Labute approximate surface area is 164 Å². The SMILES string of the molecule is Cn1ncc(Br)c1CNC(=S)Nc1cnn(Cc2ccccc2Cl)c1. The van der Waals surface area contributed by atoms with E-state index in [-0.39, 0.29) is 0 Å². The van der Waals surface area contributed by atoms with Crippen LogP contribution in [0.1, 0.15) is 11.3 Å². The molecule has 1 aromatic carbocycles. The summed E-state index contributed by atoms with van der Waals surface area (Å²) in [5, 5.41) is 16.0. The van der Waals surface area contributed by atoms with Crippen molar-refractivity contribution in [3.63, 3.8) is 0 Å². The van der Waals surface area contributed by atoms with Gasteiger partial charge < -0.3 is 10.6 Å². The summed E-state index contributed by atoms with van der Waals surface area (Å²) in [6.07, 6.45) is 5.37. The van der Waals surface area contributed by atoms with Crippen molar-refractivity contribution in [2.75, 3.05) is 5.32 Å². The Kier molecular flexibility index (Phi) is 5.72. The van der Waals surface area contributed by atoms with Crippen molar-refractivity contribution >= 4 is 50.5 Å². The monoisotopic (exact) mass is 438 g/mol. The van der Waals surface area contributed by atoms with Gasteiger partial charge in [0.1, 0.15) is 0 Å². The molecule has 2 aromatic heterocycles. The molecule has 0 aliphatic rings. The maximum absolute atomic E-state index is 6.18. The van der Waals surface area contributed by atoms with Crippen LogP contribution in [0, 0.1) is 0 Å². The Hall–Kier alpha value is -1.90. The number of rotatable bonds is 5. The number of thiocarbonyl (C=S) groups is 1. The molecule has 0 aliphatic heterocycles. The summed E-state index contributed by atoms with van der Waals surface area (Å²) in [7, 11) is 1.89. The fraction of sp³-hybridized carbons (Fsp3) is 0.188. The lowest BCUT2D eigenvalue weighted by Crippen LogP contribution is -2.28. The highest BCUT2D eigenvalue weighted by Crippen LogP contribution is 2.17. The van der Waals surface area contributed by atoms with Crippen LogP contribution < -0.4 is 10.6 Å². The maximum atomic E-state index is 6.18. The minimum absolute atomic E-state index is 0.519. The number of nitrogens with zero attached hydrogens (tertiary/aromatic N) is 4. The van der Waals surface area contributed by atoms with Crippen molar-refractivity contribution in [2.24, 2.45) is 7.05 Å². The van der Waals surface area contributed by atoms with Gasteiger partial charge >= 0.3 is 0 Å². The van der Waals surface area contributed by atoms with Crippen LogP contribution in [-0.2, 0) is 20.1 Å². The van der Waals surface area contributed by atoms with E-state index in [0.717, 1.165) is 26.4 Å². The molecule has 2 heterocycles. The second-order valence-corrected chi connectivity index (χ2v) is 7.06. The highest BCUT2D eigenvalue weighted by atomic mass is 79.9. The molecule has 3 rings (SSSR count). The number of hydrogen-bond donors (Lipinski definition) is 2. The molecule has 0 aliphatic carbocycles. The average Bonchev–Trinajstić information content (AvgIpc) is 3.15. The number of nitrogens with one attached hydrogen (secondary N) is 2. The number of hydrogen-bond acceptors (Lipinski definition) is 3. The van der Waals surface area contributed by atoms with Gasteiger partial charge in [0.15, 0.2) is 5.11 Å². The molecule has 0 spiro atoms. The molecule has 0 fully saturated rings. The lowest BCUT2D eigenvalue weighted by Gasteiger charge is -2.09. The summed E-state index contributed by atoms with van der Waals surface area (Å²) in [4.78, 5) is 0. The zero-order valence-corrected chi connectivity index (χ0v) is 16.6. The first-order valence-corrected chi connectivity index (χ1v) is 9.08. The molecular formula is C16H16BrClN6S. The Morgan fingerprint density at radius 2 is 2.08 bits per heavy atom. The number of aromatic nitrogens is 4. The van der Waals surface area contributed by atoms with E-state index in [4.69, 9.17) is 23.8 Å². The van der Waals surface area contributed by atoms with E-state index in [1.807, 2.05) is 42.2 Å². The van der Waals surface area contributed by atoms with Crippen LogP contribution in [0.3, 0.4) is 0 Å². The van der Waals surface area contributed by atoms with Crippen molar-refractivity contribution < 1.29 is 0 Å². The predicted octanol–water partition coefficient (Wildman–Crippen LogP) is 3.57. The third kappa shape index (κ3) is 4.59. The van der Waals surface area contributed by atoms with Gasteiger partial charge in [0, 0.05) is 18.3 Å². The smallest absolute Gasteiger partial charge is 0.171 e. The molecule has 0 bridgehead atoms. The van der Waals surface area contributed by atoms with Gasteiger partial charge in [0.25, 0.3) is 0 Å². The minimum Gasteiger partial charge on any atom is -0.357 e. The highest BCUT2D eigenvalue weighted by molar-refractivity contribution is 9.10. The van der Waals surface area contributed by atoms with Crippen molar-refractivity contribution in [2.45, 2.75) is 13.1 Å². The first kappa shape index (κ1) is 17.9. The second kappa shape index (κ2) is 7.99. The van der Waals surface area contributed by atoms with Gasteiger partial charge in [-0.25, -0.2) is 0 Å². The van der Waals surface area contributed by atoms with Gasteiger partial charge in [-0.3, -0.25) is 9.36 Å². The van der Waals surface area contributed by atoms with Gasteiger partial charge in [0.05, 0.1) is 41.3 Å². The van der Waals surface area contributed by atoms with Gasteiger partial charge in [-0.2, -0.15) is 10.2 Å². The van der Waals surface area contributed by atoms with E-state index in [1.54, 1.807) is 17.1 Å². The molecule has 130 valence electrons. The van der Waals surface area contributed by atoms with Gasteiger partial charge in [-0.15, -0.1) is 0 Å². The van der Waals surface area contributed by atoms with Crippen molar-refractivity contribution in [3.8, 4) is 0 Å². The Morgan fingerprint density at radius 1 is 1.28 bits per heavy atom. The molecule has 0 unspecified atom stereocenters. The summed E-state index contributed by atoms with van der Waals surface area (Å²) in [6, 6.07) is 7.72. The zero-order chi connectivity index (χ0) is 17.8. The van der Waals surface area contributed by atoms with Crippen LogP contribution in [0.15, 0.2) is 47.3 Å². The van der Waals surface area contributed by atoms with Crippen molar-refractivity contribution in [1.29, 1.82) is 0 Å². The van der Waals surface area contributed by atoms with E-state index in [0.29, 0.717) is 18.2 Å². The Bertz CT molecular complexity index is 871. The van der Waals surface area contributed by atoms with Gasteiger partial charge in [0.2, 0.25) is 0 Å². The molecule has 0 atom stereocenters. The normalized spacial score (nSPS) is 10.7. The van der Waals surface area contributed by atoms with E-state index in [2.05, 4.69) is 36.8 Å². The van der Waals surface area contributed by atoms with Crippen LogP contribution in [0.25, 0.3) is 0 Å². The summed E-state index contributed by atoms with van der Waals surface area (Å²) >= 11 is 15.0. The number of aryl methyl sites for hydroxylation is 1. The first-order chi connectivity index (χ1) is 12.0. The molecule has 6 nitrogen and oxygen atoms in total. The first-order valence-electron chi connectivity index (χ1n) is 7.50. The molecular weight excluding hydrogens is 424 g/mol. The largest absolute Gasteiger partial charge is 0.357 e. The van der Waals surface area contributed by atoms with Crippen molar-refractivity contribution in [1.82, 2.24) is 24.9 Å². The van der Waals surface area contributed by atoms with Crippen LogP contribution in [0.5, 0.6) is 0 Å². The van der Waals surface area contributed by atoms with Crippen molar-refractivity contribution in [3.05, 3.63) is 63.6 Å². The Morgan fingerprint density at radius 3 is 2.80 bits per heavy atom. The maximum Gasteiger partial charge on any atom is 0.171 e. The summed E-state index contributed by atoms with van der Waals surface area (Å²) < 4.78 is 4.54. The quantitative estimate of drug-likeness (QED) is 0.595. The standard InChI is InChI=1S/C16H16BrClN6S/c1-23-15(13(17)7-20-23)8-19-16(25)22-12-6-21-24(10-12)9-11-4-2-3-5-14(11)18/h2-7,10H,8-9H2,1H3,(H2,19,22,25). The summed E-state index contributed by atoms with van der Waals surface area (Å²) in [5.74, 6) is 0. The minimum atomic E-state index is 0.519. The average molecular weight is 440 g/mol. The second-order valence-electron chi connectivity index (χ2n) is 5.39. The lowest BCUT2D eigenvalue weighted by atomic mass is 10.2. The molecule has 0 saturated carbocycles. The fourth-order valence-corrected chi connectivity index (χ4v) is 3.16. The van der Waals surface area contributed by atoms with Crippen LogP contribution in [-0.4, -0.2) is 24.7 Å². The van der Waals surface area contributed by atoms with E-state index in [9.17, 15) is 0 Å². The number of anilines is 1. The molecule has 9 heteroatoms. The molecule has 2 N–H and O–H groups in total. The summed E-state index contributed by atoms with van der Waals surface area (Å²) in [5.41, 5.74) is 2.84. The molecule has 0 saturated heterocycles. The molecule has 0 amide bonds. The van der Waals surface area contributed by atoms with E-state index < -0.39 is 0 Å². The van der Waals surface area contributed by atoms with Gasteiger partial charge in [-0.05, 0) is 39.8 Å². The molecule has 3 aromatic rings. The third-order valence-electron chi connectivity index (χ3n) is 3.61. The number of benzene rings is 1. The van der Waals surface area contributed by atoms with Crippen LogP contribution >= 0.6 is 39.7 Å². The van der Waals surface area contributed by atoms with Crippen LogP contribution in [0.4, 0.5) is 5.69 Å². The van der Waals surface area contributed by atoms with E-state index >= 15 is 0 Å². The summed E-state index contributed by atoms with van der Waals surface area (Å²) in [6.45, 7) is 1.17. The third-order valence-corrected chi connectivity index (χ3v) is 4.89. The molecule has 25 heavy (non-hydrogen) atoms.